The van der Waals surface area contributed by atoms with E-state index in [0.717, 1.165) is 7.14 Å². The van der Waals surface area contributed by atoms with Gasteiger partial charge in [0.1, 0.15) is 5.75 Å². The molecule has 6 nitrogen and oxygen atoms in total. The number of phenols is 1. The van der Waals surface area contributed by atoms with Crippen molar-refractivity contribution in [3.63, 3.8) is 0 Å². The van der Waals surface area contributed by atoms with Gasteiger partial charge in [0.25, 0.3) is 5.91 Å². The number of hydrazone groups is 1. The van der Waals surface area contributed by atoms with Crippen LogP contribution in [0.3, 0.4) is 0 Å². The van der Waals surface area contributed by atoms with E-state index in [1.54, 1.807) is 30.5 Å². The number of carbonyl (C=O) groups excluding carboxylic acids is 1. The zero-order valence-corrected chi connectivity index (χ0v) is 16.3. The Labute approximate surface area is 160 Å². The van der Waals surface area contributed by atoms with Crippen molar-refractivity contribution in [2.24, 2.45) is 5.10 Å². The molecular weight excluding hydrogens is 522 g/mol. The van der Waals surface area contributed by atoms with E-state index in [9.17, 15) is 9.90 Å². The maximum absolute atomic E-state index is 11.7. The molecule has 0 bridgehead atoms. The minimum Gasteiger partial charge on any atom is -0.506 e. The normalized spacial score (nSPS) is 9.65. The summed E-state index contributed by atoms with van der Waals surface area (Å²) in [7, 11) is 0. The van der Waals surface area contributed by atoms with E-state index < -0.39 is 0 Å². The third-order valence-corrected chi connectivity index (χ3v) is 3.80. The molecule has 23 heavy (non-hydrogen) atoms. The van der Waals surface area contributed by atoms with E-state index in [-0.39, 0.29) is 11.7 Å². The minimum atomic E-state index is -0.353. The fourth-order valence-corrected chi connectivity index (χ4v) is 3.30. The number of nitrogens with one attached hydrogen (secondary N) is 1. The number of pyridine rings is 1. The predicted molar refractivity (Wildman–Crippen MR) is 104 cm³/mol. The lowest BCUT2D eigenvalue weighted by molar-refractivity contribution is 0.0954. The molecule has 0 radical (unpaired) electrons. The van der Waals surface area contributed by atoms with Gasteiger partial charge in [-0.2, -0.15) is 10.4 Å². The number of aromatic hydroxyl groups is 1. The fraction of sp³-hybridized carbons (Fsp3) is 0.0667. The molecule has 118 valence electrons. The summed E-state index contributed by atoms with van der Waals surface area (Å²) >= 11 is 4.19. The van der Waals surface area contributed by atoms with Gasteiger partial charge in [0.15, 0.2) is 0 Å². The SMILES string of the molecule is CC#N.O=C(N/N=C/c1cc(I)cc(I)c1O)c1cccnc1. The summed E-state index contributed by atoms with van der Waals surface area (Å²) in [5, 5.41) is 21.0. The molecule has 1 aromatic carbocycles. The molecule has 0 aliphatic rings. The highest BCUT2D eigenvalue weighted by molar-refractivity contribution is 14.1. The lowest BCUT2D eigenvalue weighted by atomic mass is 10.2. The topological polar surface area (TPSA) is 98.4 Å². The number of carbonyl (C=O) groups is 1. The van der Waals surface area contributed by atoms with Gasteiger partial charge < -0.3 is 5.11 Å². The molecule has 0 fully saturated rings. The summed E-state index contributed by atoms with van der Waals surface area (Å²) in [6, 6.07) is 8.69. The van der Waals surface area contributed by atoms with Gasteiger partial charge in [-0.25, -0.2) is 5.43 Å². The Morgan fingerprint density at radius 1 is 1.48 bits per heavy atom. The van der Waals surface area contributed by atoms with Crippen molar-refractivity contribution in [3.05, 3.63) is 54.9 Å². The largest absolute Gasteiger partial charge is 0.506 e. The molecule has 1 heterocycles. The van der Waals surface area contributed by atoms with Crippen LogP contribution in [-0.4, -0.2) is 22.2 Å². The lowest BCUT2D eigenvalue weighted by Crippen LogP contribution is -2.17. The van der Waals surface area contributed by atoms with Crippen LogP contribution in [0.1, 0.15) is 22.8 Å². The van der Waals surface area contributed by atoms with Crippen LogP contribution in [0.15, 0.2) is 41.8 Å². The van der Waals surface area contributed by atoms with E-state index in [1.807, 2.05) is 28.7 Å². The number of hydrogen-bond donors (Lipinski definition) is 2. The molecule has 0 spiro atoms. The average molecular weight is 534 g/mol. The van der Waals surface area contributed by atoms with Gasteiger partial charge in [-0.15, -0.1) is 0 Å². The van der Waals surface area contributed by atoms with Gasteiger partial charge in [0, 0.05) is 28.5 Å². The Hall–Kier alpha value is -1.74. The highest BCUT2D eigenvalue weighted by Gasteiger charge is 2.06. The highest BCUT2D eigenvalue weighted by Crippen LogP contribution is 2.25. The highest BCUT2D eigenvalue weighted by atomic mass is 127. The van der Waals surface area contributed by atoms with Crippen molar-refractivity contribution < 1.29 is 9.90 Å². The fourth-order valence-electron chi connectivity index (χ4n) is 1.41. The second-order valence-corrected chi connectivity index (χ2v) is 6.40. The summed E-state index contributed by atoms with van der Waals surface area (Å²) in [6.45, 7) is 1.43. The monoisotopic (exact) mass is 534 g/mol. The first-order valence-electron chi connectivity index (χ1n) is 6.21. The van der Waals surface area contributed by atoms with Crippen LogP contribution in [0, 0.1) is 18.5 Å². The molecule has 0 atom stereocenters. The van der Waals surface area contributed by atoms with Gasteiger partial charge in [-0.3, -0.25) is 9.78 Å². The van der Waals surface area contributed by atoms with Crippen LogP contribution in [0.25, 0.3) is 0 Å². The van der Waals surface area contributed by atoms with Gasteiger partial charge in [0.2, 0.25) is 0 Å². The lowest BCUT2D eigenvalue weighted by Gasteiger charge is -2.03. The first kappa shape index (κ1) is 19.3. The molecule has 0 saturated heterocycles. The van der Waals surface area contributed by atoms with Gasteiger partial charge in [0.05, 0.1) is 21.4 Å². The van der Waals surface area contributed by atoms with Crippen molar-refractivity contribution in [2.75, 3.05) is 0 Å². The van der Waals surface area contributed by atoms with Gasteiger partial charge in [-0.1, -0.05) is 0 Å². The predicted octanol–water partition coefficient (Wildman–Crippen LogP) is 3.29. The molecule has 2 N–H and O–H groups in total. The minimum absolute atomic E-state index is 0.144. The molecule has 0 unspecified atom stereocenters. The van der Waals surface area contributed by atoms with Crippen molar-refractivity contribution >= 4 is 57.3 Å². The smallest absolute Gasteiger partial charge is 0.272 e. The third kappa shape index (κ3) is 6.49. The molecule has 8 heteroatoms. The van der Waals surface area contributed by atoms with E-state index in [2.05, 4.69) is 38.1 Å². The van der Waals surface area contributed by atoms with Crippen molar-refractivity contribution in [1.82, 2.24) is 10.4 Å². The Morgan fingerprint density at radius 3 is 2.78 bits per heavy atom. The summed E-state index contributed by atoms with van der Waals surface area (Å²) in [6.07, 6.45) is 4.45. The van der Waals surface area contributed by atoms with Gasteiger partial charge in [-0.05, 0) is 69.4 Å². The number of amides is 1. The molecule has 1 amide bonds. The van der Waals surface area contributed by atoms with Crippen LogP contribution in [0.2, 0.25) is 0 Å². The molecule has 0 aliphatic heterocycles. The average Bonchev–Trinajstić information content (AvgIpc) is 2.53. The number of benzene rings is 1. The number of hydrogen-bond acceptors (Lipinski definition) is 5. The van der Waals surface area contributed by atoms with Crippen LogP contribution < -0.4 is 5.43 Å². The zero-order chi connectivity index (χ0) is 17.2. The summed E-state index contributed by atoms with van der Waals surface area (Å²) < 4.78 is 1.71. The molecule has 0 saturated carbocycles. The van der Waals surface area contributed by atoms with Crippen molar-refractivity contribution in [1.29, 1.82) is 5.26 Å². The van der Waals surface area contributed by atoms with Crippen molar-refractivity contribution in [3.8, 4) is 11.8 Å². The number of nitrogens with zero attached hydrogens (tertiary/aromatic N) is 3. The summed E-state index contributed by atoms with van der Waals surface area (Å²) in [5.74, 6) is -0.209. The zero-order valence-electron chi connectivity index (χ0n) is 12.0. The molecular formula is C15H12I2N4O2. The van der Waals surface area contributed by atoms with E-state index in [1.165, 1.54) is 19.3 Å². The van der Waals surface area contributed by atoms with E-state index >= 15 is 0 Å². The third-order valence-electron chi connectivity index (χ3n) is 2.35. The number of rotatable bonds is 3. The van der Waals surface area contributed by atoms with Crippen LogP contribution in [0.4, 0.5) is 0 Å². The Balaban J connectivity index is 0.000000816. The number of nitriles is 1. The van der Waals surface area contributed by atoms with Crippen LogP contribution in [0.5, 0.6) is 5.75 Å². The number of aromatic nitrogens is 1. The number of phenolic OH excluding ortho intramolecular Hbond substituents is 1. The molecule has 0 aliphatic carbocycles. The van der Waals surface area contributed by atoms with Crippen LogP contribution >= 0.6 is 45.2 Å². The van der Waals surface area contributed by atoms with Gasteiger partial charge >= 0.3 is 0 Å². The van der Waals surface area contributed by atoms with E-state index in [0.29, 0.717) is 11.1 Å². The molecule has 1 aromatic heterocycles. The quantitative estimate of drug-likeness (QED) is 0.359. The second kappa shape index (κ2) is 10.1. The maximum Gasteiger partial charge on any atom is 0.272 e. The van der Waals surface area contributed by atoms with Crippen molar-refractivity contribution in [2.45, 2.75) is 6.92 Å². The maximum atomic E-state index is 11.7. The Morgan fingerprint density at radius 2 is 2.17 bits per heavy atom. The standard InChI is InChI=1S/C13H9I2N3O2.C2H3N/c14-10-4-9(12(19)11(15)5-10)7-17-18-13(20)8-2-1-3-16-6-8;1-2-3/h1-7,19H,(H,18,20);1H3/b17-7+;. The first-order chi connectivity index (χ1) is 11.0. The summed E-state index contributed by atoms with van der Waals surface area (Å²) in [4.78, 5) is 15.6. The summed E-state index contributed by atoms with van der Waals surface area (Å²) in [5.41, 5.74) is 3.36. The van der Waals surface area contributed by atoms with E-state index in [4.69, 9.17) is 5.26 Å². The number of halogens is 2. The second-order valence-electron chi connectivity index (χ2n) is 3.99. The first-order valence-corrected chi connectivity index (χ1v) is 8.37. The Bertz CT molecular complexity index is 743. The molecule has 2 rings (SSSR count). The molecule has 2 aromatic rings. The van der Waals surface area contributed by atoms with Crippen LogP contribution in [-0.2, 0) is 0 Å². The Kier molecular flexibility index (Phi) is 8.49.